The monoisotopic (exact) mass is 298 g/mol. The molecule has 0 amide bonds. The summed E-state index contributed by atoms with van der Waals surface area (Å²) in [6.45, 7) is 0. The van der Waals surface area contributed by atoms with E-state index in [-0.39, 0.29) is 5.82 Å². The van der Waals surface area contributed by atoms with Gasteiger partial charge in [-0.05, 0) is 40.6 Å². The van der Waals surface area contributed by atoms with Crippen LogP contribution in [0.4, 0.5) is 4.39 Å². The van der Waals surface area contributed by atoms with Crippen LogP contribution in [0.3, 0.4) is 0 Å². The van der Waals surface area contributed by atoms with Crippen molar-refractivity contribution in [2.24, 2.45) is 0 Å². The highest BCUT2D eigenvalue weighted by molar-refractivity contribution is 7.99. The quantitative estimate of drug-likeness (QED) is 0.698. The molecule has 0 aliphatic carbocycles. The molecule has 0 aliphatic rings. The first kappa shape index (κ1) is 14.1. The van der Waals surface area contributed by atoms with Crippen LogP contribution in [0.15, 0.2) is 71.6 Å². The molecule has 3 aromatic carbocycles. The van der Waals surface area contributed by atoms with Crippen molar-refractivity contribution < 1.29 is 9.50 Å². The van der Waals surface area contributed by atoms with Crippen LogP contribution < -0.4 is 0 Å². The molecule has 0 radical (unpaired) electrons. The van der Waals surface area contributed by atoms with Gasteiger partial charge in [0.25, 0.3) is 0 Å². The summed E-state index contributed by atoms with van der Waals surface area (Å²) in [4.78, 5) is 0.954. The molecule has 106 valence electrons. The third kappa shape index (κ3) is 3.26. The first-order chi connectivity index (χ1) is 10.2. The van der Waals surface area contributed by atoms with E-state index in [0.717, 1.165) is 21.2 Å². The van der Waals surface area contributed by atoms with Gasteiger partial charge < -0.3 is 5.11 Å². The lowest BCUT2D eigenvalue weighted by atomic mass is 10.0. The Hall–Kier alpha value is -1.84. The number of thioether (sulfide) groups is 1. The molecule has 1 atom stereocenters. The van der Waals surface area contributed by atoms with E-state index in [4.69, 9.17) is 0 Å². The Morgan fingerprint density at radius 3 is 2.43 bits per heavy atom. The maximum Gasteiger partial charge on any atom is 0.123 e. The fraction of sp³-hybridized carbons (Fsp3) is 0.111. The van der Waals surface area contributed by atoms with Crippen molar-refractivity contribution in [2.75, 3.05) is 5.75 Å². The highest BCUT2D eigenvalue weighted by Crippen LogP contribution is 2.29. The molecule has 3 rings (SSSR count). The van der Waals surface area contributed by atoms with Crippen LogP contribution in [0.1, 0.15) is 11.7 Å². The number of halogens is 1. The predicted molar refractivity (Wildman–Crippen MR) is 86.0 cm³/mol. The van der Waals surface area contributed by atoms with Crippen LogP contribution in [0.25, 0.3) is 10.8 Å². The molecule has 0 spiro atoms. The van der Waals surface area contributed by atoms with Crippen molar-refractivity contribution in [1.82, 2.24) is 0 Å². The largest absolute Gasteiger partial charge is 0.388 e. The number of aliphatic hydroxyl groups excluding tert-OH is 1. The fourth-order valence-electron chi connectivity index (χ4n) is 2.34. The molecule has 0 aliphatic heterocycles. The Morgan fingerprint density at radius 2 is 1.62 bits per heavy atom. The van der Waals surface area contributed by atoms with E-state index in [9.17, 15) is 9.50 Å². The minimum Gasteiger partial charge on any atom is -0.388 e. The molecule has 3 heteroatoms. The van der Waals surface area contributed by atoms with Crippen molar-refractivity contribution in [3.63, 3.8) is 0 Å². The minimum atomic E-state index is -0.550. The molecular formula is C18H15FOS. The standard InChI is InChI=1S/C18H15FOS/c19-14-8-10-15(11-9-14)21-12-18(20)17-7-3-5-13-4-1-2-6-16(13)17/h1-11,18,20H,12H2. The number of benzene rings is 3. The van der Waals surface area contributed by atoms with Gasteiger partial charge >= 0.3 is 0 Å². The Labute approximate surface area is 127 Å². The molecule has 0 bridgehead atoms. The van der Waals surface area contributed by atoms with E-state index >= 15 is 0 Å². The highest BCUT2D eigenvalue weighted by Gasteiger charge is 2.11. The summed E-state index contributed by atoms with van der Waals surface area (Å²) in [5.41, 5.74) is 0.933. The van der Waals surface area contributed by atoms with E-state index in [1.54, 1.807) is 12.1 Å². The van der Waals surface area contributed by atoms with Gasteiger partial charge in [0.15, 0.2) is 0 Å². The van der Waals surface area contributed by atoms with Gasteiger partial charge in [0.05, 0.1) is 6.10 Å². The molecule has 21 heavy (non-hydrogen) atoms. The van der Waals surface area contributed by atoms with Gasteiger partial charge in [0.2, 0.25) is 0 Å². The van der Waals surface area contributed by atoms with Gasteiger partial charge in [-0.15, -0.1) is 11.8 Å². The average molecular weight is 298 g/mol. The van der Waals surface area contributed by atoms with E-state index in [2.05, 4.69) is 0 Å². The van der Waals surface area contributed by atoms with Gasteiger partial charge in [-0.1, -0.05) is 42.5 Å². The normalized spacial score (nSPS) is 12.5. The summed E-state index contributed by atoms with van der Waals surface area (Å²) in [6.07, 6.45) is -0.550. The lowest BCUT2D eigenvalue weighted by Gasteiger charge is -2.13. The first-order valence-electron chi connectivity index (χ1n) is 6.78. The molecule has 0 aromatic heterocycles. The van der Waals surface area contributed by atoms with Crippen molar-refractivity contribution in [3.05, 3.63) is 78.1 Å². The first-order valence-corrected chi connectivity index (χ1v) is 7.77. The van der Waals surface area contributed by atoms with E-state index < -0.39 is 6.10 Å². The zero-order valence-corrected chi connectivity index (χ0v) is 12.2. The Kier molecular flexibility index (Phi) is 4.23. The number of aliphatic hydroxyl groups is 1. The molecule has 0 fully saturated rings. The van der Waals surface area contributed by atoms with Gasteiger partial charge in [-0.3, -0.25) is 0 Å². The summed E-state index contributed by atoms with van der Waals surface area (Å²) in [5, 5.41) is 12.6. The summed E-state index contributed by atoms with van der Waals surface area (Å²) in [7, 11) is 0. The topological polar surface area (TPSA) is 20.2 Å². The fourth-order valence-corrected chi connectivity index (χ4v) is 3.20. The molecule has 1 unspecified atom stereocenters. The summed E-state index contributed by atoms with van der Waals surface area (Å²) < 4.78 is 12.9. The van der Waals surface area contributed by atoms with Crippen molar-refractivity contribution in [1.29, 1.82) is 0 Å². The average Bonchev–Trinajstić information content (AvgIpc) is 2.53. The lowest BCUT2D eigenvalue weighted by Crippen LogP contribution is -2.01. The smallest absolute Gasteiger partial charge is 0.123 e. The summed E-state index contributed by atoms with van der Waals surface area (Å²) in [5.74, 6) is 0.300. The second kappa shape index (κ2) is 6.29. The van der Waals surface area contributed by atoms with E-state index in [0.29, 0.717) is 5.75 Å². The SMILES string of the molecule is OC(CSc1ccc(F)cc1)c1cccc2ccccc12. The Bertz CT molecular complexity index is 734. The van der Waals surface area contributed by atoms with E-state index in [1.165, 1.54) is 23.9 Å². The second-order valence-corrected chi connectivity index (χ2v) is 5.94. The van der Waals surface area contributed by atoms with Crippen LogP contribution in [0.2, 0.25) is 0 Å². The molecular weight excluding hydrogens is 283 g/mol. The van der Waals surface area contributed by atoms with Gasteiger partial charge in [0, 0.05) is 10.6 Å². The molecule has 0 saturated carbocycles. The van der Waals surface area contributed by atoms with Crippen LogP contribution in [0.5, 0.6) is 0 Å². The van der Waals surface area contributed by atoms with E-state index in [1.807, 2.05) is 42.5 Å². The minimum absolute atomic E-state index is 0.242. The van der Waals surface area contributed by atoms with Gasteiger partial charge in [-0.25, -0.2) is 4.39 Å². The number of hydrogen-bond donors (Lipinski definition) is 1. The number of rotatable bonds is 4. The summed E-state index contributed by atoms with van der Waals surface area (Å²) >= 11 is 1.52. The van der Waals surface area contributed by atoms with Crippen molar-refractivity contribution >= 4 is 22.5 Å². The van der Waals surface area contributed by atoms with Gasteiger partial charge in [-0.2, -0.15) is 0 Å². The Balaban J connectivity index is 1.78. The molecule has 0 saturated heterocycles. The third-order valence-corrected chi connectivity index (χ3v) is 4.49. The van der Waals surface area contributed by atoms with Gasteiger partial charge in [0.1, 0.15) is 5.82 Å². The maximum absolute atomic E-state index is 12.9. The highest BCUT2D eigenvalue weighted by atomic mass is 32.2. The van der Waals surface area contributed by atoms with Crippen LogP contribution in [0, 0.1) is 5.82 Å². The van der Waals surface area contributed by atoms with Crippen LogP contribution in [-0.4, -0.2) is 10.9 Å². The zero-order chi connectivity index (χ0) is 14.7. The predicted octanol–water partition coefficient (Wildman–Crippen LogP) is 4.80. The molecule has 1 nitrogen and oxygen atoms in total. The summed E-state index contributed by atoms with van der Waals surface area (Å²) in [6, 6.07) is 20.3. The van der Waals surface area contributed by atoms with Crippen molar-refractivity contribution in [2.45, 2.75) is 11.0 Å². The molecule has 3 aromatic rings. The second-order valence-electron chi connectivity index (χ2n) is 4.85. The maximum atomic E-state index is 12.9. The zero-order valence-electron chi connectivity index (χ0n) is 11.4. The lowest BCUT2D eigenvalue weighted by molar-refractivity contribution is 0.205. The Morgan fingerprint density at radius 1 is 0.905 bits per heavy atom. The molecule has 1 N–H and O–H groups in total. The molecule has 0 heterocycles. The number of fused-ring (bicyclic) bond motifs is 1. The van der Waals surface area contributed by atoms with Crippen LogP contribution in [-0.2, 0) is 0 Å². The van der Waals surface area contributed by atoms with Crippen LogP contribution >= 0.6 is 11.8 Å². The third-order valence-electron chi connectivity index (χ3n) is 3.40. The number of hydrogen-bond acceptors (Lipinski definition) is 2. The van der Waals surface area contributed by atoms with Crippen molar-refractivity contribution in [3.8, 4) is 0 Å².